The van der Waals surface area contributed by atoms with Gasteiger partial charge in [0, 0.05) is 19.2 Å². The average Bonchev–Trinajstić information content (AvgIpc) is 2.94. The van der Waals surface area contributed by atoms with Crippen molar-refractivity contribution in [2.45, 2.75) is 33.3 Å². The molecule has 1 aromatic carbocycles. The number of carbonyl (C=O) groups excluding carboxylic acids is 1. The molecule has 6 heteroatoms. The predicted molar refractivity (Wildman–Crippen MR) is 96.7 cm³/mol. The van der Waals surface area contributed by atoms with Crippen LogP contribution in [0.5, 0.6) is 5.75 Å². The molecule has 0 aliphatic carbocycles. The van der Waals surface area contributed by atoms with E-state index in [0.29, 0.717) is 24.4 Å². The molecule has 1 heterocycles. The maximum absolute atomic E-state index is 12.6. The van der Waals surface area contributed by atoms with Crippen LogP contribution in [0.4, 0.5) is 0 Å². The molecule has 130 valence electrons. The predicted octanol–water partition coefficient (Wildman–Crippen LogP) is 3.36. The normalized spacial score (nSPS) is 12.0. The quantitative estimate of drug-likeness (QED) is 0.833. The minimum Gasteiger partial charge on any atom is -0.494 e. The number of aliphatic hydroxyl groups excluding tert-OH is 1. The van der Waals surface area contributed by atoms with Gasteiger partial charge in [0.25, 0.3) is 5.91 Å². The van der Waals surface area contributed by atoms with E-state index in [2.05, 4.69) is 4.98 Å². The van der Waals surface area contributed by atoms with Gasteiger partial charge in [0.1, 0.15) is 15.6 Å². The number of amides is 1. The van der Waals surface area contributed by atoms with Gasteiger partial charge in [-0.25, -0.2) is 4.98 Å². The Labute approximate surface area is 146 Å². The fourth-order valence-electron chi connectivity index (χ4n) is 2.23. The number of thiazole rings is 1. The number of hydrogen-bond donors (Lipinski definition) is 1. The number of aliphatic hydroxyl groups is 1. The molecule has 0 aliphatic heterocycles. The van der Waals surface area contributed by atoms with Crippen molar-refractivity contribution in [3.63, 3.8) is 0 Å². The van der Waals surface area contributed by atoms with Gasteiger partial charge in [-0.2, -0.15) is 0 Å². The summed E-state index contributed by atoms with van der Waals surface area (Å²) in [4.78, 5) is 19.4. The van der Waals surface area contributed by atoms with Crippen LogP contribution in [0.1, 0.15) is 35.6 Å². The van der Waals surface area contributed by atoms with Crippen LogP contribution in [0, 0.1) is 6.92 Å². The summed E-state index contributed by atoms with van der Waals surface area (Å²) >= 11 is 1.40. The molecule has 0 spiro atoms. The first-order valence-electron chi connectivity index (χ1n) is 8.06. The van der Waals surface area contributed by atoms with E-state index < -0.39 is 6.10 Å². The molecule has 1 unspecified atom stereocenters. The van der Waals surface area contributed by atoms with E-state index in [4.69, 9.17) is 4.74 Å². The summed E-state index contributed by atoms with van der Waals surface area (Å²) in [6, 6.07) is 7.72. The SMILES string of the molecule is CCOc1ccc(-c2nc(C)c(C(=O)N(C)CCC(C)O)s2)cc1. The van der Waals surface area contributed by atoms with Gasteiger partial charge in [-0.05, 0) is 51.5 Å². The Morgan fingerprint density at radius 2 is 2.04 bits per heavy atom. The topological polar surface area (TPSA) is 62.7 Å². The molecule has 1 aromatic heterocycles. The maximum Gasteiger partial charge on any atom is 0.265 e. The number of carbonyl (C=O) groups is 1. The monoisotopic (exact) mass is 348 g/mol. The van der Waals surface area contributed by atoms with Gasteiger partial charge < -0.3 is 14.7 Å². The molecule has 2 aromatic rings. The van der Waals surface area contributed by atoms with E-state index >= 15 is 0 Å². The molecule has 2 rings (SSSR count). The second-order valence-corrected chi connectivity index (χ2v) is 6.75. The maximum atomic E-state index is 12.6. The summed E-state index contributed by atoms with van der Waals surface area (Å²) in [5.74, 6) is 0.770. The van der Waals surface area contributed by atoms with Crippen LogP contribution < -0.4 is 4.74 Å². The van der Waals surface area contributed by atoms with Gasteiger partial charge in [0.05, 0.1) is 18.4 Å². The van der Waals surface area contributed by atoms with Crippen molar-refractivity contribution in [3.05, 3.63) is 34.8 Å². The molecule has 0 saturated heterocycles. The Balaban J connectivity index is 2.15. The summed E-state index contributed by atoms with van der Waals surface area (Å²) < 4.78 is 5.44. The number of ether oxygens (including phenoxy) is 1. The highest BCUT2D eigenvalue weighted by molar-refractivity contribution is 7.17. The molecule has 0 saturated carbocycles. The Kier molecular flexibility index (Phi) is 6.34. The lowest BCUT2D eigenvalue weighted by Crippen LogP contribution is -2.29. The van der Waals surface area contributed by atoms with Gasteiger partial charge in [-0.15, -0.1) is 11.3 Å². The lowest BCUT2D eigenvalue weighted by Gasteiger charge is -2.17. The fourth-order valence-corrected chi connectivity index (χ4v) is 3.30. The van der Waals surface area contributed by atoms with Crippen molar-refractivity contribution in [1.29, 1.82) is 0 Å². The largest absolute Gasteiger partial charge is 0.494 e. The third-order valence-corrected chi connectivity index (χ3v) is 4.83. The molecule has 1 atom stereocenters. The molecule has 0 aliphatic rings. The first kappa shape index (κ1) is 18.4. The van der Waals surface area contributed by atoms with E-state index in [1.807, 2.05) is 38.1 Å². The molecule has 24 heavy (non-hydrogen) atoms. The third kappa shape index (κ3) is 4.55. The van der Waals surface area contributed by atoms with Crippen molar-refractivity contribution < 1.29 is 14.6 Å². The van der Waals surface area contributed by atoms with Gasteiger partial charge in [-0.1, -0.05) is 0 Å². The minimum atomic E-state index is -0.415. The second kappa shape index (κ2) is 8.26. The molecule has 0 fully saturated rings. The summed E-state index contributed by atoms with van der Waals surface area (Å²) in [5, 5.41) is 10.2. The molecular weight excluding hydrogens is 324 g/mol. The second-order valence-electron chi connectivity index (χ2n) is 5.76. The van der Waals surface area contributed by atoms with Crippen molar-refractivity contribution in [3.8, 4) is 16.3 Å². The highest BCUT2D eigenvalue weighted by atomic mass is 32.1. The number of nitrogens with zero attached hydrogens (tertiary/aromatic N) is 2. The van der Waals surface area contributed by atoms with Crippen LogP contribution in [-0.2, 0) is 0 Å². The van der Waals surface area contributed by atoms with Gasteiger partial charge in [-0.3, -0.25) is 4.79 Å². The van der Waals surface area contributed by atoms with Crippen LogP contribution >= 0.6 is 11.3 Å². The highest BCUT2D eigenvalue weighted by Crippen LogP contribution is 2.30. The zero-order chi connectivity index (χ0) is 17.7. The van der Waals surface area contributed by atoms with Crippen molar-refractivity contribution in [1.82, 2.24) is 9.88 Å². The van der Waals surface area contributed by atoms with Gasteiger partial charge in [0.2, 0.25) is 0 Å². The Hall–Kier alpha value is -1.92. The Morgan fingerprint density at radius 3 is 2.62 bits per heavy atom. The summed E-state index contributed by atoms with van der Waals surface area (Å²) in [6.45, 7) is 6.67. The zero-order valence-electron chi connectivity index (χ0n) is 14.6. The minimum absolute atomic E-state index is 0.0529. The van der Waals surface area contributed by atoms with Crippen LogP contribution in [-0.4, -0.2) is 47.2 Å². The number of aromatic nitrogens is 1. The smallest absolute Gasteiger partial charge is 0.265 e. The Bertz CT molecular complexity index is 680. The standard InChI is InChI=1S/C18H24N2O3S/c1-5-23-15-8-6-14(7-9-15)17-19-13(3)16(24-17)18(22)20(4)11-10-12(2)21/h6-9,12,21H,5,10-11H2,1-4H3. The number of rotatable bonds is 7. The highest BCUT2D eigenvalue weighted by Gasteiger charge is 2.19. The number of hydrogen-bond acceptors (Lipinski definition) is 5. The van der Waals surface area contributed by atoms with Crippen molar-refractivity contribution >= 4 is 17.2 Å². The van der Waals surface area contributed by atoms with Crippen LogP contribution in [0.25, 0.3) is 10.6 Å². The van der Waals surface area contributed by atoms with E-state index in [9.17, 15) is 9.90 Å². The van der Waals surface area contributed by atoms with E-state index in [-0.39, 0.29) is 5.91 Å². The molecule has 1 amide bonds. The molecule has 0 bridgehead atoms. The van der Waals surface area contributed by atoms with Crippen LogP contribution in [0.15, 0.2) is 24.3 Å². The number of aryl methyl sites for hydroxylation is 1. The third-order valence-electron chi connectivity index (χ3n) is 3.63. The number of benzene rings is 1. The first-order valence-corrected chi connectivity index (χ1v) is 8.88. The lowest BCUT2D eigenvalue weighted by atomic mass is 10.2. The fraction of sp³-hybridized carbons (Fsp3) is 0.444. The van der Waals surface area contributed by atoms with E-state index in [1.54, 1.807) is 18.9 Å². The van der Waals surface area contributed by atoms with Crippen molar-refractivity contribution in [2.24, 2.45) is 0 Å². The van der Waals surface area contributed by atoms with Gasteiger partial charge in [0.15, 0.2) is 0 Å². The lowest BCUT2D eigenvalue weighted by molar-refractivity contribution is 0.0772. The van der Waals surface area contributed by atoms with Crippen LogP contribution in [0.2, 0.25) is 0 Å². The summed E-state index contributed by atoms with van der Waals surface area (Å²) in [7, 11) is 1.75. The van der Waals surface area contributed by atoms with Crippen molar-refractivity contribution in [2.75, 3.05) is 20.2 Å². The summed E-state index contributed by atoms with van der Waals surface area (Å²) in [6.07, 6.45) is 0.147. The molecular formula is C18H24N2O3S. The zero-order valence-corrected chi connectivity index (χ0v) is 15.4. The average molecular weight is 348 g/mol. The molecule has 0 radical (unpaired) electrons. The molecule has 5 nitrogen and oxygen atoms in total. The first-order chi connectivity index (χ1) is 11.4. The van der Waals surface area contributed by atoms with E-state index in [0.717, 1.165) is 22.0 Å². The van der Waals surface area contributed by atoms with Crippen LogP contribution in [0.3, 0.4) is 0 Å². The molecule has 1 N–H and O–H groups in total. The Morgan fingerprint density at radius 1 is 1.38 bits per heavy atom. The summed E-state index contributed by atoms with van der Waals surface area (Å²) in [5.41, 5.74) is 1.70. The van der Waals surface area contributed by atoms with E-state index in [1.165, 1.54) is 11.3 Å². The van der Waals surface area contributed by atoms with Gasteiger partial charge >= 0.3 is 0 Å².